The van der Waals surface area contributed by atoms with Crippen LogP contribution in [0.25, 0.3) is 0 Å². The van der Waals surface area contributed by atoms with Gasteiger partial charge in [0.25, 0.3) is 0 Å². The lowest BCUT2D eigenvalue weighted by atomic mass is 9.92. The lowest BCUT2D eigenvalue weighted by Gasteiger charge is -2.38. The summed E-state index contributed by atoms with van der Waals surface area (Å²) in [6, 6.07) is 9.35. The van der Waals surface area contributed by atoms with Crippen molar-refractivity contribution in [2.45, 2.75) is 65.6 Å². The summed E-state index contributed by atoms with van der Waals surface area (Å²) in [5, 5.41) is 13.3. The third-order valence-corrected chi connectivity index (χ3v) is 3.94. The molecular weight excluding hydrogens is 260 g/mol. The van der Waals surface area contributed by atoms with Gasteiger partial charge in [0.15, 0.2) is 0 Å². The zero-order valence-corrected chi connectivity index (χ0v) is 14.5. The fourth-order valence-electron chi connectivity index (χ4n) is 3.18. The van der Waals surface area contributed by atoms with Gasteiger partial charge in [-0.1, -0.05) is 26.0 Å². The lowest BCUT2D eigenvalue weighted by Crippen LogP contribution is -2.53. The van der Waals surface area contributed by atoms with E-state index in [0.29, 0.717) is 12.1 Å². The monoisotopic (exact) mass is 292 g/mol. The van der Waals surface area contributed by atoms with Gasteiger partial charge in [-0.2, -0.15) is 0 Å². The summed E-state index contributed by atoms with van der Waals surface area (Å²) in [4.78, 5) is 2.41. The molecule has 0 aliphatic rings. The van der Waals surface area contributed by atoms with Crippen LogP contribution < -0.4 is 10.2 Å². The Bertz CT molecular complexity index is 433. The Morgan fingerprint density at radius 3 is 2.43 bits per heavy atom. The van der Waals surface area contributed by atoms with E-state index in [4.69, 9.17) is 0 Å². The zero-order chi connectivity index (χ0) is 16.0. The summed E-state index contributed by atoms with van der Waals surface area (Å²) < 4.78 is 0. The summed E-state index contributed by atoms with van der Waals surface area (Å²) in [5.41, 5.74) is 2.29. The summed E-state index contributed by atoms with van der Waals surface area (Å²) in [6.45, 7) is 14.0. The fourth-order valence-corrected chi connectivity index (χ4v) is 3.18. The van der Waals surface area contributed by atoms with Gasteiger partial charge in [0.1, 0.15) is 0 Å². The third-order valence-electron chi connectivity index (χ3n) is 3.94. The van der Waals surface area contributed by atoms with E-state index in [2.05, 4.69) is 76.0 Å². The maximum Gasteiger partial charge on any atom is 0.0611 e. The Morgan fingerprint density at radius 1 is 1.29 bits per heavy atom. The fraction of sp³-hybridized carbons (Fsp3) is 0.667. The number of hydrogen-bond donors (Lipinski definition) is 2. The Balaban J connectivity index is 2.86. The van der Waals surface area contributed by atoms with Crippen LogP contribution in [0.1, 0.15) is 46.6 Å². The van der Waals surface area contributed by atoms with E-state index in [0.717, 1.165) is 13.0 Å². The van der Waals surface area contributed by atoms with Gasteiger partial charge in [0.2, 0.25) is 0 Å². The topological polar surface area (TPSA) is 35.5 Å². The molecule has 2 atom stereocenters. The molecule has 0 radical (unpaired) electrons. The summed E-state index contributed by atoms with van der Waals surface area (Å²) in [5.74, 6) is 0. The average Bonchev–Trinajstić information content (AvgIpc) is 2.38. The van der Waals surface area contributed by atoms with E-state index in [-0.39, 0.29) is 12.1 Å². The van der Waals surface area contributed by atoms with Gasteiger partial charge in [0.05, 0.1) is 6.61 Å². The van der Waals surface area contributed by atoms with Gasteiger partial charge in [-0.05, 0) is 51.8 Å². The molecule has 2 N–H and O–H groups in total. The number of nitrogens with one attached hydrogen (secondary N) is 1. The van der Waals surface area contributed by atoms with Crippen LogP contribution in [0, 0.1) is 6.92 Å². The molecule has 120 valence electrons. The van der Waals surface area contributed by atoms with Crippen LogP contribution in [0.3, 0.4) is 0 Å². The SMILES string of the molecule is CCN(c1cccc(C)c1)C(C)CC(C)(CO)NC(C)C. The molecule has 0 saturated heterocycles. The first-order valence-electron chi connectivity index (χ1n) is 8.03. The van der Waals surface area contributed by atoms with E-state index < -0.39 is 0 Å². The van der Waals surface area contributed by atoms with Crippen LogP contribution >= 0.6 is 0 Å². The maximum absolute atomic E-state index is 9.77. The highest BCUT2D eigenvalue weighted by molar-refractivity contribution is 5.49. The molecule has 0 fully saturated rings. The van der Waals surface area contributed by atoms with Gasteiger partial charge < -0.3 is 15.3 Å². The third kappa shape index (κ3) is 5.33. The Hall–Kier alpha value is -1.06. The molecule has 0 aromatic heterocycles. The minimum atomic E-state index is -0.245. The highest BCUT2D eigenvalue weighted by Gasteiger charge is 2.28. The largest absolute Gasteiger partial charge is 0.394 e. The van der Waals surface area contributed by atoms with Crippen molar-refractivity contribution in [1.82, 2.24) is 5.32 Å². The van der Waals surface area contributed by atoms with Crippen molar-refractivity contribution in [2.24, 2.45) is 0 Å². The molecule has 3 heteroatoms. The predicted octanol–water partition coefficient (Wildman–Crippen LogP) is 3.35. The molecule has 1 aromatic carbocycles. The summed E-state index contributed by atoms with van der Waals surface area (Å²) in [6.07, 6.45) is 0.906. The highest BCUT2D eigenvalue weighted by Crippen LogP contribution is 2.23. The number of aliphatic hydroxyl groups excluding tert-OH is 1. The Morgan fingerprint density at radius 2 is 1.95 bits per heavy atom. The maximum atomic E-state index is 9.77. The predicted molar refractivity (Wildman–Crippen MR) is 92.0 cm³/mol. The second-order valence-corrected chi connectivity index (χ2v) is 6.70. The second kappa shape index (κ2) is 7.81. The first-order valence-corrected chi connectivity index (χ1v) is 8.03. The quantitative estimate of drug-likeness (QED) is 0.771. The van der Waals surface area contributed by atoms with Crippen LogP contribution in [-0.2, 0) is 0 Å². The molecule has 0 amide bonds. The number of anilines is 1. The van der Waals surface area contributed by atoms with E-state index in [1.807, 2.05) is 0 Å². The first kappa shape index (κ1) is 18.0. The molecule has 0 aliphatic carbocycles. The number of aliphatic hydroxyl groups is 1. The minimum absolute atomic E-state index is 0.154. The number of rotatable bonds is 8. The number of nitrogens with zero attached hydrogens (tertiary/aromatic N) is 1. The van der Waals surface area contributed by atoms with Gasteiger partial charge in [0, 0.05) is 29.9 Å². The molecule has 0 spiro atoms. The number of hydrogen-bond acceptors (Lipinski definition) is 3. The summed E-state index contributed by atoms with van der Waals surface area (Å²) in [7, 11) is 0. The molecule has 1 rings (SSSR count). The molecule has 21 heavy (non-hydrogen) atoms. The van der Waals surface area contributed by atoms with E-state index in [1.165, 1.54) is 11.3 Å². The van der Waals surface area contributed by atoms with Crippen LogP contribution in [0.5, 0.6) is 0 Å². The Kier molecular flexibility index (Phi) is 6.69. The van der Waals surface area contributed by atoms with Crippen molar-refractivity contribution >= 4 is 5.69 Å². The van der Waals surface area contributed by atoms with Crippen LogP contribution in [0.2, 0.25) is 0 Å². The van der Waals surface area contributed by atoms with Crippen molar-refractivity contribution < 1.29 is 5.11 Å². The lowest BCUT2D eigenvalue weighted by molar-refractivity contribution is 0.150. The second-order valence-electron chi connectivity index (χ2n) is 6.70. The Labute approximate surface area is 130 Å². The molecule has 1 aromatic rings. The van der Waals surface area contributed by atoms with Crippen molar-refractivity contribution in [3.63, 3.8) is 0 Å². The molecule has 2 unspecified atom stereocenters. The van der Waals surface area contributed by atoms with Crippen LogP contribution in [0.15, 0.2) is 24.3 Å². The van der Waals surface area contributed by atoms with Gasteiger partial charge in [-0.3, -0.25) is 0 Å². The summed E-state index contributed by atoms with van der Waals surface area (Å²) >= 11 is 0. The van der Waals surface area contributed by atoms with E-state index in [9.17, 15) is 5.11 Å². The van der Waals surface area contributed by atoms with E-state index >= 15 is 0 Å². The normalized spacial score (nSPS) is 15.8. The van der Waals surface area contributed by atoms with E-state index in [1.54, 1.807) is 0 Å². The minimum Gasteiger partial charge on any atom is -0.394 e. The van der Waals surface area contributed by atoms with Gasteiger partial charge >= 0.3 is 0 Å². The van der Waals surface area contributed by atoms with Crippen LogP contribution in [-0.4, -0.2) is 35.9 Å². The smallest absolute Gasteiger partial charge is 0.0611 e. The first-order chi connectivity index (χ1) is 9.81. The molecule has 0 aliphatic heterocycles. The standard InChI is InChI=1S/C18H32N2O/c1-7-20(17-10-8-9-15(4)11-17)16(5)12-18(6,13-21)19-14(2)3/h8-11,14,16,19,21H,7,12-13H2,1-6H3. The average molecular weight is 292 g/mol. The van der Waals surface area contributed by atoms with Crippen molar-refractivity contribution in [1.29, 1.82) is 0 Å². The number of benzene rings is 1. The zero-order valence-electron chi connectivity index (χ0n) is 14.5. The molecule has 3 nitrogen and oxygen atoms in total. The number of aryl methyl sites for hydroxylation is 1. The van der Waals surface area contributed by atoms with Gasteiger partial charge in [-0.25, -0.2) is 0 Å². The van der Waals surface area contributed by atoms with Crippen molar-refractivity contribution in [2.75, 3.05) is 18.1 Å². The van der Waals surface area contributed by atoms with Crippen LogP contribution in [0.4, 0.5) is 5.69 Å². The molecule has 0 heterocycles. The van der Waals surface area contributed by atoms with Gasteiger partial charge in [-0.15, -0.1) is 0 Å². The molecular formula is C18H32N2O. The van der Waals surface area contributed by atoms with Crippen molar-refractivity contribution in [3.05, 3.63) is 29.8 Å². The van der Waals surface area contributed by atoms with Crippen molar-refractivity contribution in [3.8, 4) is 0 Å². The highest BCUT2D eigenvalue weighted by atomic mass is 16.3. The molecule has 0 bridgehead atoms. The molecule has 0 saturated carbocycles.